The third-order valence-corrected chi connectivity index (χ3v) is 3.96. The van der Waals surface area contributed by atoms with E-state index in [0.717, 1.165) is 22.7 Å². The van der Waals surface area contributed by atoms with E-state index in [4.69, 9.17) is 8.94 Å². The molecule has 0 unspecified atom stereocenters. The van der Waals surface area contributed by atoms with Crippen molar-refractivity contribution < 1.29 is 8.94 Å². The summed E-state index contributed by atoms with van der Waals surface area (Å²) in [6, 6.07) is 10.0. The molecule has 7 nitrogen and oxygen atoms in total. The molecule has 2 aromatic heterocycles. The van der Waals surface area contributed by atoms with E-state index in [-0.39, 0.29) is 29.4 Å². The highest BCUT2D eigenvalue weighted by Gasteiger charge is 2.21. The Kier molecular flexibility index (Phi) is 6.85. The highest BCUT2D eigenvalue weighted by Crippen LogP contribution is 2.20. The monoisotopic (exact) mass is 483 g/mol. The highest BCUT2D eigenvalue weighted by molar-refractivity contribution is 14.0. The van der Waals surface area contributed by atoms with Crippen LogP contribution in [-0.4, -0.2) is 35.1 Å². The van der Waals surface area contributed by atoms with Gasteiger partial charge in [0.05, 0.1) is 13.1 Å². The summed E-state index contributed by atoms with van der Waals surface area (Å²) in [6.07, 6.45) is 0. The number of benzene rings is 1. The van der Waals surface area contributed by atoms with Gasteiger partial charge in [0, 0.05) is 24.9 Å². The molecule has 3 aromatic rings. The van der Waals surface area contributed by atoms with Gasteiger partial charge in [0.15, 0.2) is 11.8 Å². The second kappa shape index (κ2) is 8.73. The van der Waals surface area contributed by atoms with Gasteiger partial charge in [0.2, 0.25) is 5.89 Å². The Morgan fingerprint density at radius 2 is 2.00 bits per heavy atom. The predicted molar refractivity (Wildman–Crippen MR) is 116 cm³/mol. The van der Waals surface area contributed by atoms with Crippen molar-refractivity contribution in [3.63, 3.8) is 0 Å². The summed E-state index contributed by atoms with van der Waals surface area (Å²) < 4.78 is 11.2. The van der Waals surface area contributed by atoms with Gasteiger partial charge in [0.1, 0.15) is 11.3 Å². The van der Waals surface area contributed by atoms with Crippen molar-refractivity contribution in [1.82, 2.24) is 20.4 Å². The van der Waals surface area contributed by atoms with Crippen LogP contribution >= 0.6 is 24.0 Å². The number of fused-ring (bicyclic) bond motifs is 1. The smallest absolute Gasteiger partial charge is 0.232 e. The molecule has 0 aliphatic carbocycles. The third-order valence-electron chi connectivity index (χ3n) is 3.96. The van der Waals surface area contributed by atoms with Crippen molar-refractivity contribution in [2.45, 2.75) is 39.3 Å². The number of aromatic nitrogens is 2. The lowest BCUT2D eigenvalue weighted by atomic mass is 9.97. The van der Waals surface area contributed by atoms with E-state index in [1.54, 1.807) is 7.05 Å². The molecule has 0 bridgehead atoms. The van der Waals surface area contributed by atoms with Gasteiger partial charge in [-0.3, -0.25) is 4.99 Å². The number of nitrogens with zero attached hydrogens (tertiary/aromatic N) is 4. The number of aliphatic imine (C=N–C) groups is 1. The van der Waals surface area contributed by atoms with Crippen LogP contribution in [-0.2, 0) is 18.5 Å². The average Bonchev–Trinajstić information content (AvgIpc) is 3.21. The molecule has 2 heterocycles. The molecule has 3 rings (SSSR count). The number of guanidine groups is 1. The summed E-state index contributed by atoms with van der Waals surface area (Å²) >= 11 is 0. The van der Waals surface area contributed by atoms with Crippen LogP contribution in [0.1, 0.15) is 38.2 Å². The van der Waals surface area contributed by atoms with E-state index in [1.165, 1.54) is 0 Å². The first-order chi connectivity index (χ1) is 12.4. The van der Waals surface area contributed by atoms with Gasteiger partial charge in [-0.05, 0) is 12.1 Å². The van der Waals surface area contributed by atoms with Gasteiger partial charge in [-0.25, -0.2) is 0 Å². The lowest BCUT2D eigenvalue weighted by Crippen LogP contribution is -2.38. The van der Waals surface area contributed by atoms with Crippen LogP contribution in [0.15, 0.2) is 44.3 Å². The molecule has 0 saturated heterocycles. The molecule has 1 aromatic carbocycles. The number of rotatable bonds is 4. The fourth-order valence-electron chi connectivity index (χ4n) is 2.60. The topological polar surface area (TPSA) is 79.7 Å². The van der Waals surface area contributed by atoms with Crippen molar-refractivity contribution in [2.75, 3.05) is 14.1 Å². The minimum absolute atomic E-state index is 0. The third kappa shape index (κ3) is 5.21. The van der Waals surface area contributed by atoms with Crippen LogP contribution in [0.25, 0.3) is 11.0 Å². The summed E-state index contributed by atoms with van der Waals surface area (Å²) in [7, 11) is 3.70. The van der Waals surface area contributed by atoms with E-state index < -0.39 is 0 Å². The van der Waals surface area contributed by atoms with E-state index in [0.29, 0.717) is 24.8 Å². The number of nitrogens with one attached hydrogen (secondary N) is 1. The SMILES string of the molecule is CN=C(NCc1noc(C(C)(C)C)n1)N(C)Cc1cc2ccccc2o1.I. The summed E-state index contributed by atoms with van der Waals surface area (Å²) in [6.45, 7) is 7.16. The molecular weight excluding hydrogens is 457 g/mol. The van der Waals surface area contributed by atoms with Gasteiger partial charge in [-0.1, -0.05) is 44.1 Å². The Labute approximate surface area is 176 Å². The Bertz CT molecular complexity index is 877. The predicted octanol–water partition coefficient (Wildman–Crippen LogP) is 3.94. The first-order valence-corrected chi connectivity index (χ1v) is 8.59. The zero-order valence-corrected chi connectivity index (χ0v) is 18.6. The largest absolute Gasteiger partial charge is 0.459 e. The van der Waals surface area contributed by atoms with E-state index in [9.17, 15) is 0 Å². The first kappa shape index (κ1) is 21.2. The lowest BCUT2D eigenvalue weighted by Gasteiger charge is -2.20. The maximum atomic E-state index is 5.87. The molecule has 0 saturated carbocycles. The Morgan fingerprint density at radius 3 is 2.63 bits per heavy atom. The van der Waals surface area contributed by atoms with Crippen LogP contribution in [0.3, 0.4) is 0 Å². The van der Waals surface area contributed by atoms with Gasteiger partial charge in [-0.2, -0.15) is 4.98 Å². The van der Waals surface area contributed by atoms with E-state index in [1.807, 2.05) is 63.1 Å². The van der Waals surface area contributed by atoms with Crippen LogP contribution in [0.4, 0.5) is 0 Å². The summed E-state index contributed by atoms with van der Waals surface area (Å²) in [5.41, 5.74) is 0.728. The quantitative estimate of drug-likeness (QED) is 0.344. The molecule has 27 heavy (non-hydrogen) atoms. The summed E-state index contributed by atoms with van der Waals surface area (Å²) in [5, 5.41) is 8.37. The Balaban J connectivity index is 0.00000261. The Morgan fingerprint density at radius 1 is 1.26 bits per heavy atom. The molecule has 0 atom stereocenters. The molecular formula is C19H26IN5O2. The molecule has 0 fully saturated rings. The van der Waals surface area contributed by atoms with Gasteiger partial charge in [-0.15, -0.1) is 24.0 Å². The van der Waals surface area contributed by atoms with E-state index in [2.05, 4.69) is 20.4 Å². The number of hydrogen-bond acceptors (Lipinski definition) is 5. The number of para-hydroxylation sites is 1. The van der Waals surface area contributed by atoms with Crippen molar-refractivity contribution in [2.24, 2.45) is 4.99 Å². The van der Waals surface area contributed by atoms with Gasteiger partial charge >= 0.3 is 0 Å². The zero-order valence-electron chi connectivity index (χ0n) is 16.3. The second-order valence-corrected chi connectivity index (χ2v) is 7.27. The maximum Gasteiger partial charge on any atom is 0.232 e. The summed E-state index contributed by atoms with van der Waals surface area (Å²) in [4.78, 5) is 10.7. The summed E-state index contributed by atoms with van der Waals surface area (Å²) in [5.74, 6) is 2.84. The van der Waals surface area contributed by atoms with Crippen LogP contribution in [0.5, 0.6) is 0 Å². The van der Waals surface area contributed by atoms with Crippen molar-refractivity contribution in [3.05, 3.63) is 47.8 Å². The molecule has 1 N–H and O–H groups in total. The number of furan rings is 1. The molecule has 0 aliphatic rings. The molecule has 0 amide bonds. The van der Waals surface area contributed by atoms with Crippen LogP contribution in [0, 0.1) is 0 Å². The highest BCUT2D eigenvalue weighted by atomic mass is 127. The molecule has 0 aliphatic heterocycles. The zero-order chi connectivity index (χ0) is 18.7. The van der Waals surface area contributed by atoms with Crippen molar-refractivity contribution in [3.8, 4) is 0 Å². The van der Waals surface area contributed by atoms with Gasteiger partial charge < -0.3 is 19.2 Å². The van der Waals surface area contributed by atoms with Crippen molar-refractivity contribution in [1.29, 1.82) is 0 Å². The molecule has 146 valence electrons. The minimum atomic E-state index is -0.162. The minimum Gasteiger partial charge on any atom is -0.459 e. The average molecular weight is 483 g/mol. The van der Waals surface area contributed by atoms with Crippen LogP contribution < -0.4 is 5.32 Å². The first-order valence-electron chi connectivity index (χ1n) is 8.59. The Hall–Kier alpha value is -2.10. The number of halogens is 1. The fraction of sp³-hybridized carbons (Fsp3) is 0.421. The fourth-order valence-corrected chi connectivity index (χ4v) is 2.60. The van der Waals surface area contributed by atoms with Gasteiger partial charge in [0.25, 0.3) is 0 Å². The molecule has 8 heteroatoms. The van der Waals surface area contributed by atoms with Crippen molar-refractivity contribution >= 4 is 40.9 Å². The number of hydrogen-bond donors (Lipinski definition) is 1. The van der Waals surface area contributed by atoms with Crippen LogP contribution in [0.2, 0.25) is 0 Å². The standard InChI is InChI=1S/C19H25N5O2.HI/c1-19(2,3)17-22-16(23-26-17)11-21-18(20-4)24(5)12-14-10-13-8-6-7-9-15(13)25-14;/h6-10H,11-12H2,1-5H3,(H,20,21);1H. The molecule has 0 radical (unpaired) electrons. The maximum absolute atomic E-state index is 5.87. The normalized spacial score (nSPS) is 12.1. The lowest BCUT2D eigenvalue weighted by molar-refractivity contribution is 0.318. The van der Waals surface area contributed by atoms with E-state index >= 15 is 0 Å². The molecule has 0 spiro atoms. The second-order valence-electron chi connectivity index (χ2n) is 7.27.